The molecule has 2 N–H and O–H groups in total. The molecule has 0 aromatic carbocycles. The number of carbonyl (C=O) groups excluding carboxylic acids is 2. The number of nitrogens with one attached hydrogen (secondary N) is 2. The Morgan fingerprint density at radius 1 is 0.840 bits per heavy atom. The zero-order chi connectivity index (χ0) is 18.1. The van der Waals surface area contributed by atoms with Gasteiger partial charge in [0, 0.05) is 13.1 Å². The Balaban J connectivity index is 1.65. The van der Waals surface area contributed by atoms with Crippen LogP contribution in [0.1, 0.15) is 58.8 Å². The van der Waals surface area contributed by atoms with Gasteiger partial charge in [-0.1, -0.05) is 26.7 Å². The van der Waals surface area contributed by atoms with Gasteiger partial charge >= 0.3 is 12.2 Å². The van der Waals surface area contributed by atoms with E-state index in [2.05, 4.69) is 24.5 Å². The number of unbranched alkanes of at least 4 members (excludes halogenated alkanes) is 2. The van der Waals surface area contributed by atoms with Crippen LogP contribution in [0.3, 0.4) is 0 Å². The van der Waals surface area contributed by atoms with E-state index in [1.807, 2.05) is 0 Å². The zero-order valence-corrected chi connectivity index (χ0v) is 15.7. The number of amides is 2. The van der Waals surface area contributed by atoms with Crippen LogP contribution in [0, 0.1) is 23.7 Å². The smallest absolute Gasteiger partial charge is 0.407 e. The van der Waals surface area contributed by atoms with E-state index in [1.165, 1.54) is 19.3 Å². The van der Waals surface area contributed by atoms with E-state index in [0.29, 0.717) is 44.1 Å². The van der Waals surface area contributed by atoms with E-state index in [4.69, 9.17) is 9.47 Å². The van der Waals surface area contributed by atoms with Crippen molar-refractivity contribution >= 4 is 12.2 Å². The molecular formula is C19H34N2O4. The Bertz CT molecular complexity index is 394. The summed E-state index contributed by atoms with van der Waals surface area (Å²) in [6.07, 6.45) is 6.83. The molecule has 2 atom stereocenters. The molecule has 2 rings (SSSR count). The largest absolute Gasteiger partial charge is 0.450 e. The van der Waals surface area contributed by atoms with Crippen molar-refractivity contribution in [2.75, 3.05) is 26.3 Å². The Morgan fingerprint density at radius 3 is 1.72 bits per heavy atom. The minimum absolute atomic E-state index is 0.301. The maximum atomic E-state index is 11.7. The Labute approximate surface area is 151 Å². The van der Waals surface area contributed by atoms with E-state index in [-0.39, 0.29) is 12.2 Å². The Kier molecular flexibility index (Phi) is 8.35. The maximum Gasteiger partial charge on any atom is 0.407 e. The first-order valence-corrected chi connectivity index (χ1v) is 9.95. The number of carbonyl (C=O) groups is 2. The van der Waals surface area contributed by atoms with Crippen LogP contribution in [0.2, 0.25) is 0 Å². The molecule has 0 radical (unpaired) electrons. The van der Waals surface area contributed by atoms with Crippen molar-refractivity contribution in [1.29, 1.82) is 0 Å². The molecule has 6 nitrogen and oxygen atoms in total. The van der Waals surface area contributed by atoms with Gasteiger partial charge in [-0.05, 0) is 55.8 Å². The van der Waals surface area contributed by atoms with Crippen LogP contribution in [0.4, 0.5) is 9.59 Å². The average molecular weight is 354 g/mol. The molecule has 0 aromatic heterocycles. The highest BCUT2D eigenvalue weighted by atomic mass is 16.6. The lowest BCUT2D eigenvalue weighted by Gasteiger charge is -2.29. The molecule has 0 aliphatic heterocycles. The molecule has 0 aromatic rings. The molecule has 2 saturated carbocycles. The number of ether oxygens (including phenoxy) is 2. The van der Waals surface area contributed by atoms with E-state index in [9.17, 15) is 9.59 Å². The average Bonchev–Trinajstić information content (AvgIpc) is 3.18. The predicted octanol–water partition coefficient (Wildman–Crippen LogP) is 3.70. The van der Waals surface area contributed by atoms with Crippen LogP contribution >= 0.6 is 0 Å². The summed E-state index contributed by atoms with van der Waals surface area (Å²) < 4.78 is 10.3. The van der Waals surface area contributed by atoms with Crippen molar-refractivity contribution in [3.8, 4) is 0 Å². The summed E-state index contributed by atoms with van der Waals surface area (Å²) >= 11 is 0. The molecule has 144 valence electrons. The van der Waals surface area contributed by atoms with Crippen LogP contribution < -0.4 is 10.6 Å². The van der Waals surface area contributed by atoms with Crippen molar-refractivity contribution < 1.29 is 19.1 Å². The SMILES string of the molecule is CCCCOC(=O)NCC1CC2CC(CNC(=O)OCCCC)C1C2. The van der Waals surface area contributed by atoms with Crippen molar-refractivity contribution in [2.45, 2.75) is 58.8 Å². The van der Waals surface area contributed by atoms with Gasteiger partial charge in [-0.3, -0.25) is 0 Å². The van der Waals surface area contributed by atoms with Crippen molar-refractivity contribution in [3.05, 3.63) is 0 Å². The van der Waals surface area contributed by atoms with Gasteiger partial charge in [0.25, 0.3) is 0 Å². The number of hydrogen-bond donors (Lipinski definition) is 2. The van der Waals surface area contributed by atoms with E-state index >= 15 is 0 Å². The fourth-order valence-electron chi connectivity index (χ4n) is 4.27. The lowest BCUT2D eigenvalue weighted by atomic mass is 9.80. The third-order valence-corrected chi connectivity index (χ3v) is 5.57. The summed E-state index contributed by atoms with van der Waals surface area (Å²) in [5.41, 5.74) is 0. The van der Waals surface area contributed by atoms with Crippen LogP contribution in [0.15, 0.2) is 0 Å². The second-order valence-corrected chi connectivity index (χ2v) is 7.50. The summed E-state index contributed by atoms with van der Waals surface area (Å²) in [7, 11) is 0. The molecule has 2 fully saturated rings. The Morgan fingerprint density at radius 2 is 1.32 bits per heavy atom. The van der Waals surface area contributed by atoms with E-state index < -0.39 is 0 Å². The summed E-state index contributed by atoms with van der Waals surface area (Å²) in [6, 6.07) is 0. The van der Waals surface area contributed by atoms with Gasteiger partial charge in [-0.2, -0.15) is 0 Å². The minimum atomic E-state index is -0.301. The molecule has 0 heterocycles. The molecule has 6 heteroatoms. The molecule has 25 heavy (non-hydrogen) atoms. The summed E-state index contributed by atoms with van der Waals surface area (Å²) in [6.45, 7) is 6.50. The number of hydrogen-bond acceptors (Lipinski definition) is 4. The van der Waals surface area contributed by atoms with Crippen LogP contribution in [0.5, 0.6) is 0 Å². The lowest BCUT2D eigenvalue weighted by Crippen LogP contribution is -2.38. The van der Waals surface area contributed by atoms with Crippen molar-refractivity contribution in [3.63, 3.8) is 0 Å². The maximum absolute atomic E-state index is 11.7. The van der Waals surface area contributed by atoms with Crippen molar-refractivity contribution in [2.24, 2.45) is 23.7 Å². The molecule has 2 bridgehead atoms. The zero-order valence-electron chi connectivity index (χ0n) is 15.7. The number of alkyl carbamates (subject to hydrolysis) is 2. The third kappa shape index (κ3) is 6.40. The van der Waals surface area contributed by atoms with Crippen LogP contribution in [-0.2, 0) is 9.47 Å². The second kappa shape index (κ2) is 10.5. The molecule has 2 aliphatic rings. The fraction of sp³-hybridized carbons (Fsp3) is 0.895. The molecule has 2 aliphatic carbocycles. The monoisotopic (exact) mass is 354 g/mol. The normalized spacial score (nSPS) is 27.1. The first-order valence-electron chi connectivity index (χ1n) is 9.95. The molecule has 0 saturated heterocycles. The van der Waals surface area contributed by atoms with Crippen LogP contribution in [-0.4, -0.2) is 38.5 Å². The molecule has 2 unspecified atom stereocenters. The fourth-order valence-corrected chi connectivity index (χ4v) is 4.27. The van der Waals surface area contributed by atoms with Gasteiger partial charge in [-0.15, -0.1) is 0 Å². The van der Waals surface area contributed by atoms with Gasteiger partial charge in [0.05, 0.1) is 13.2 Å². The lowest BCUT2D eigenvalue weighted by molar-refractivity contribution is 0.134. The van der Waals surface area contributed by atoms with Gasteiger partial charge in [0.15, 0.2) is 0 Å². The minimum Gasteiger partial charge on any atom is -0.450 e. The number of fused-ring (bicyclic) bond motifs is 2. The standard InChI is InChI=1S/C19H34N2O4/c1-3-5-7-24-18(22)20-12-15-9-14-10-16(17(15)11-14)13-21-19(23)25-8-6-4-2/h14-17H,3-13H2,1-2H3,(H,20,22)(H,21,23). The molecule has 2 amide bonds. The van der Waals surface area contributed by atoms with Gasteiger partial charge in [0.1, 0.15) is 0 Å². The summed E-state index contributed by atoms with van der Waals surface area (Å²) in [5.74, 6) is 2.31. The van der Waals surface area contributed by atoms with Crippen molar-refractivity contribution in [1.82, 2.24) is 10.6 Å². The number of rotatable bonds is 10. The summed E-state index contributed by atoms with van der Waals surface area (Å²) in [4.78, 5) is 23.4. The molecular weight excluding hydrogens is 320 g/mol. The Hall–Kier alpha value is -1.46. The quantitative estimate of drug-likeness (QED) is 0.587. The van der Waals surface area contributed by atoms with Gasteiger partial charge in [0.2, 0.25) is 0 Å². The van der Waals surface area contributed by atoms with Gasteiger partial charge < -0.3 is 20.1 Å². The predicted molar refractivity (Wildman–Crippen MR) is 96.3 cm³/mol. The summed E-state index contributed by atoms with van der Waals surface area (Å²) in [5, 5.41) is 5.83. The highest BCUT2D eigenvalue weighted by Gasteiger charge is 2.45. The van der Waals surface area contributed by atoms with E-state index in [0.717, 1.165) is 31.6 Å². The topological polar surface area (TPSA) is 76.7 Å². The van der Waals surface area contributed by atoms with E-state index in [1.54, 1.807) is 0 Å². The third-order valence-electron chi connectivity index (χ3n) is 5.57. The molecule has 0 spiro atoms. The van der Waals surface area contributed by atoms with Gasteiger partial charge in [-0.25, -0.2) is 9.59 Å². The van der Waals surface area contributed by atoms with Crippen LogP contribution in [0.25, 0.3) is 0 Å². The first-order chi connectivity index (χ1) is 12.1. The second-order valence-electron chi connectivity index (χ2n) is 7.50. The first kappa shape index (κ1) is 19.9. The highest BCUT2D eigenvalue weighted by Crippen LogP contribution is 2.51. The highest BCUT2D eigenvalue weighted by molar-refractivity contribution is 5.67.